The molecule has 0 atom stereocenters. The van der Waals surface area contributed by atoms with Crippen molar-refractivity contribution in [3.8, 4) is 0 Å². The molecule has 17 heavy (non-hydrogen) atoms. The smallest absolute Gasteiger partial charge is 0.324 e. The summed E-state index contributed by atoms with van der Waals surface area (Å²) in [5.41, 5.74) is 0.376. The zero-order chi connectivity index (χ0) is 13.1. The van der Waals surface area contributed by atoms with Crippen molar-refractivity contribution in [2.45, 2.75) is 6.92 Å². The topological polar surface area (TPSA) is 74.7 Å². The third-order valence-electron chi connectivity index (χ3n) is 2.08. The second-order valence-electron chi connectivity index (χ2n) is 3.28. The van der Waals surface area contributed by atoms with E-state index < -0.39 is 22.5 Å². The van der Waals surface area contributed by atoms with Gasteiger partial charge in [0.05, 0.1) is 11.4 Å². The molecule has 0 radical (unpaired) electrons. The van der Waals surface area contributed by atoms with Crippen LogP contribution in [0.4, 0.5) is 5.69 Å². The maximum atomic E-state index is 11.8. The molecule has 1 aromatic carbocycles. The van der Waals surface area contributed by atoms with Gasteiger partial charge in [-0.05, 0) is 47.7 Å². The van der Waals surface area contributed by atoms with Crippen molar-refractivity contribution in [3.63, 3.8) is 0 Å². The number of carbonyl (C=O) groups is 1. The standard InChI is InChI=1S/C10H12INO4S/c1-2-17(15,16)12(7-10(13)14)9-5-3-4-8(11)6-9/h3-6H,2,7H2,1H3,(H,13,14). The van der Waals surface area contributed by atoms with E-state index in [1.165, 1.54) is 6.92 Å². The van der Waals surface area contributed by atoms with Crippen LogP contribution in [0.15, 0.2) is 24.3 Å². The Labute approximate surface area is 114 Å². The lowest BCUT2D eigenvalue weighted by molar-refractivity contribution is -0.135. The molecule has 0 aliphatic carbocycles. The van der Waals surface area contributed by atoms with Gasteiger partial charge in [-0.1, -0.05) is 6.07 Å². The lowest BCUT2D eigenvalue weighted by Gasteiger charge is -2.21. The van der Waals surface area contributed by atoms with Crippen molar-refractivity contribution in [1.29, 1.82) is 0 Å². The molecule has 1 N–H and O–H groups in total. The molecule has 94 valence electrons. The highest BCUT2D eigenvalue weighted by Crippen LogP contribution is 2.20. The predicted octanol–water partition coefficient (Wildman–Crippen LogP) is 1.53. The van der Waals surface area contributed by atoms with Crippen LogP contribution in [-0.4, -0.2) is 31.8 Å². The average molecular weight is 369 g/mol. The first kappa shape index (κ1) is 14.2. The van der Waals surface area contributed by atoms with E-state index in [0.29, 0.717) is 5.69 Å². The summed E-state index contributed by atoms with van der Waals surface area (Å²) in [6, 6.07) is 6.72. The van der Waals surface area contributed by atoms with Crippen molar-refractivity contribution < 1.29 is 18.3 Å². The summed E-state index contributed by atoms with van der Waals surface area (Å²) in [7, 11) is -3.58. The van der Waals surface area contributed by atoms with Crippen LogP contribution in [0, 0.1) is 3.57 Å². The molecule has 5 nitrogen and oxygen atoms in total. The maximum absolute atomic E-state index is 11.8. The summed E-state index contributed by atoms with van der Waals surface area (Å²) in [6.07, 6.45) is 0. The Morgan fingerprint density at radius 2 is 2.12 bits per heavy atom. The fourth-order valence-electron chi connectivity index (χ4n) is 1.26. The van der Waals surface area contributed by atoms with Gasteiger partial charge >= 0.3 is 5.97 Å². The molecule has 0 unspecified atom stereocenters. The van der Waals surface area contributed by atoms with E-state index in [1.54, 1.807) is 18.2 Å². The molecule has 1 aromatic rings. The van der Waals surface area contributed by atoms with Crippen molar-refractivity contribution in [2.75, 3.05) is 16.6 Å². The predicted molar refractivity (Wildman–Crippen MR) is 73.6 cm³/mol. The lowest BCUT2D eigenvalue weighted by Crippen LogP contribution is -2.36. The highest BCUT2D eigenvalue weighted by Gasteiger charge is 2.23. The fraction of sp³-hybridized carbons (Fsp3) is 0.300. The Hall–Kier alpha value is -0.830. The summed E-state index contributed by atoms with van der Waals surface area (Å²) < 4.78 is 25.4. The van der Waals surface area contributed by atoms with Gasteiger partial charge in [-0.2, -0.15) is 0 Å². The first-order valence-corrected chi connectivity index (χ1v) is 7.53. The van der Waals surface area contributed by atoms with E-state index >= 15 is 0 Å². The van der Waals surface area contributed by atoms with Crippen molar-refractivity contribution >= 4 is 44.3 Å². The van der Waals surface area contributed by atoms with Crippen molar-refractivity contribution in [1.82, 2.24) is 0 Å². The number of rotatable bonds is 5. The van der Waals surface area contributed by atoms with E-state index in [4.69, 9.17) is 5.11 Å². The number of benzene rings is 1. The number of nitrogens with zero attached hydrogens (tertiary/aromatic N) is 1. The zero-order valence-corrected chi connectivity index (χ0v) is 12.1. The third kappa shape index (κ3) is 3.84. The Morgan fingerprint density at radius 1 is 1.47 bits per heavy atom. The van der Waals surface area contributed by atoms with Crippen LogP contribution in [0.1, 0.15) is 6.92 Å². The molecular weight excluding hydrogens is 357 g/mol. The number of anilines is 1. The van der Waals surface area contributed by atoms with Crippen LogP contribution in [-0.2, 0) is 14.8 Å². The minimum Gasteiger partial charge on any atom is -0.480 e. The number of carboxylic acids is 1. The third-order valence-corrected chi connectivity index (χ3v) is 4.49. The van der Waals surface area contributed by atoms with Gasteiger partial charge in [0.15, 0.2) is 0 Å². The highest BCUT2D eigenvalue weighted by molar-refractivity contribution is 14.1. The molecule has 0 amide bonds. The van der Waals surface area contributed by atoms with Crippen LogP contribution in [0.5, 0.6) is 0 Å². The molecule has 0 aromatic heterocycles. The van der Waals surface area contributed by atoms with Crippen LogP contribution < -0.4 is 4.31 Å². The van der Waals surface area contributed by atoms with Gasteiger partial charge in [0.1, 0.15) is 6.54 Å². The number of hydrogen-bond donors (Lipinski definition) is 1. The molecule has 7 heteroatoms. The Bertz CT molecular complexity index is 515. The highest BCUT2D eigenvalue weighted by atomic mass is 127. The molecule has 1 rings (SSSR count). The monoisotopic (exact) mass is 369 g/mol. The van der Waals surface area contributed by atoms with E-state index in [-0.39, 0.29) is 5.75 Å². The van der Waals surface area contributed by atoms with E-state index in [0.717, 1.165) is 7.88 Å². The van der Waals surface area contributed by atoms with E-state index in [9.17, 15) is 13.2 Å². The fourth-order valence-corrected chi connectivity index (χ4v) is 2.84. The molecule has 0 heterocycles. The molecule has 0 saturated heterocycles. The van der Waals surface area contributed by atoms with Crippen LogP contribution in [0.25, 0.3) is 0 Å². The van der Waals surface area contributed by atoms with Crippen LogP contribution >= 0.6 is 22.6 Å². The minimum atomic E-state index is -3.58. The van der Waals surface area contributed by atoms with Gasteiger partial charge in [0.25, 0.3) is 0 Å². The van der Waals surface area contributed by atoms with Crippen LogP contribution in [0.3, 0.4) is 0 Å². The van der Waals surface area contributed by atoms with Gasteiger partial charge in [-0.15, -0.1) is 0 Å². The summed E-state index contributed by atoms with van der Waals surface area (Å²) in [5, 5.41) is 8.77. The van der Waals surface area contributed by atoms with E-state index in [1.807, 2.05) is 28.7 Å². The second kappa shape index (κ2) is 5.67. The number of hydrogen-bond acceptors (Lipinski definition) is 3. The van der Waals surface area contributed by atoms with Gasteiger partial charge in [-0.25, -0.2) is 8.42 Å². The number of halogens is 1. The molecule has 0 spiro atoms. The van der Waals surface area contributed by atoms with E-state index in [2.05, 4.69) is 0 Å². The van der Waals surface area contributed by atoms with Crippen molar-refractivity contribution in [2.24, 2.45) is 0 Å². The Kier molecular flexibility index (Phi) is 4.75. The second-order valence-corrected chi connectivity index (χ2v) is 6.71. The number of aliphatic carboxylic acids is 1. The van der Waals surface area contributed by atoms with Crippen LogP contribution in [0.2, 0.25) is 0 Å². The average Bonchev–Trinajstić information content (AvgIpc) is 2.25. The summed E-state index contributed by atoms with van der Waals surface area (Å²) in [5.74, 6) is -1.31. The normalized spacial score (nSPS) is 11.2. The van der Waals surface area contributed by atoms with Crippen molar-refractivity contribution in [3.05, 3.63) is 27.8 Å². The van der Waals surface area contributed by atoms with Gasteiger partial charge in [-0.3, -0.25) is 9.10 Å². The zero-order valence-electron chi connectivity index (χ0n) is 9.13. The number of carboxylic acid groups (broad SMARTS) is 1. The summed E-state index contributed by atoms with van der Waals surface area (Å²) in [4.78, 5) is 10.7. The first-order chi connectivity index (χ1) is 7.86. The quantitative estimate of drug-likeness (QED) is 0.799. The summed E-state index contributed by atoms with van der Waals surface area (Å²) >= 11 is 2.04. The first-order valence-electron chi connectivity index (χ1n) is 4.84. The molecule has 0 aliphatic rings. The summed E-state index contributed by atoms with van der Waals surface area (Å²) in [6.45, 7) is 0.925. The molecular formula is C10H12INO4S. The minimum absolute atomic E-state index is 0.133. The molecule has 0 fully saturated rings. The van der Waals surface area contributed by atoms with Gasteiger partial charge in [0.2, 0.25) is 10.0 Å². The SMILES string of the molecule is CCS(=O)(=O)N(CC(=O)O)c1cccc(I)c1. The molecule has 0 bridgehead atoms. The molecule has 0 aliphatic heterocycles. The largest absolute Gasteiger partial charge is 0.480 e. The Balaban J connectivity index is 3.20. The number of sulfonamides is 1. The lowest BCUT2D eigenvalue weighted by atomic mass is 10.3. The maximum Gasteiger partial charge on any atom is 0.324 e. The Morgan fingerprint density at radius 3 is 2.59 bits per heavy atom. The molecule has 0 saturated carbocycles. The van der Waals surface area contributed by atoms with Gasteiger partial charge in [0, 0.05) is 3.57 Å². The van der Waals surface area contributed by atoms with Gasteiger partial charge < -0.3 is 5.11 Å².